The molecule has 2 rings (SSSR count). The molecule has 1 unspecified atom stereocenters. The van der Waals surface area contributed by atoms with Gasteiger partial charge < -0.3 is 10.6 Å². The van der Waals surface area contributed by atoms with Gasteiger partial charge in [-0.05, 0) is 6.07 Å². The van der Waals surface area contributed by atoms with Gasteiger partial charge in [0.25, 0.3) is 0 Å². The SMILES string of the molecule is Fc1cccc(C2CNCCN2)c1F. The minimum Gasteiger partial charge on any atom is -0.314 e. The molecule has 2 N–H and O–H groups in total. The lowest BCUT2D eigenvalue weighted by atomic mass is 10.0. The molecular weight excluding hydrogens is 186 g/mol. The minimum atomic E-state index is -0.783. The zero-order chi connectivity index (χ0) is 9.97. The Labute approximate surface area is 81.3 Å². The molecule has 1 aromatic rings. The lowest BCUT2D eigenvalue weighted by Crippen LogP contribution is -2.43. The minimum absolute atomic E-state index is 0.126. The molecule has 0 spiro atoms. The van der Waals surface area contributed by atoms with Crippen LogP contribution in [0.2, 0.25) is 0 Å². The van der Waals surface area contributed by atoms with E-state index in [0.717, 1.165) is 19.2 Å². The normalized spacial score (nSPS) is 22.3. The monoisotopic (exact) mass is 198 g/mol. The van der Waals surface area contributed by atoms with E-state index in [0.29, 0.717) is 12.1 Å². The largest absolute Gasteiger partial charge is 0.314 e. The smallest absolute Gasteiger partial charge is 0.163 e. The van der Waals surface area contributed by atoms with Crippen LogP contribution in [0, 0.1) is 11.6 Å². The molecule has 4 heteroatoms. The van der Waals surface area contributed by atoms with Gasteiger partial charge in [0.2, 0.25) is 0 Å². The van der Waals surface area contributed by atoms with Crippen LogP contribution in [0.25, 0.3) is 0 Å². The van der Waals surface area contributed by atoms with Crippen molar-refractivity contribution in [2.45, 2.75) is 6.04 Å². The van der Waals surface area contributed by atoms with Crippen LogP contribution in [-0.4, -0.2) is 19.6 Å². The second kappa shape index (κ2) is 4.02. The molecule has 1 atom stereocenters. The van der Waals surface area contributed by atoms with Crippen LogP contribution in [0.4, 0.5) is 8.78 Å². The molecule has 1 aromatic carbocycles. The van der Waals surface area contributed by atoms with Crippen LogP contribution in [0.5, 0.6) is 0 Å². The van der Waals surface area contributed by atoms with E-state index in [1.165, 1.54) is 6.07 Å². The Morgan fingerprint density at radius 1 is 1.21 bits per heavy atom. The molecular formula is C10H12F2N2. The van der Waals surface area contributed by atoms with E-state index >= 15 is 0 Å². The highest BCUT2D eigenvalue weighted by atomic mass is 19.2. The number of hydrogen-bond acceptors (Lipinski definition) is 2. The molecule has 1 aliphatic heterocycles. The number of hydrogen-bond donors (Lipinski definition) is 2. The lowest BCUT2D eigenvalue weighted by molar-refractivity contribution is 0.406. The Morgan fingerprint density at radius 2 is 2.07 bits per heavy atom. The van der Waals surface area contributed by atoms with Crippen molar-refractivity contribution in [3.63, 3.8) is 0 Å². The van der Waals surface area contributed by atoms with Crippen molar-refractivity contribution in [3.05, 3.63) is 35.4 Å². The Kier molecular flexibility index (Phi) is 2.74. The fourth-order valence-corrected chi connectivity index (χ4v) is 1.66. The molecule has 0 radical (unpaired) electrons. The third-order valence-corrected chi connectivity index (χ3v) is 2.40. The first-order valence-corrected chi connectivity index (χ1v) is 4.67. The second-order valence-electron chi connectivity index (χ2n) is 3.35. The van der Waals surface area contributed by atoms with E-state index in [9.17, 15) is 8.78 Å². The van der Waals surface area contributed by atoms with Gasteiger partial charge in [-0.15, -0.1) is 0 Å². The van der Waals surface area contributed by atoms with Gasteiger partial charge in [0.05, 0.1) is 0 Å². The zero-order valence-corrected chi connectivity index (χ0v) is 7.69. The van der Waals surface area contributed by atoms with Gasteiger partial charge in [0.1, 0.15) is 0 Å². The Balaban J connectivity index is 2.26. The van der Waals surface area contributed by atoms with Crippen molar-refractivity contribution < 1.29 is 8.78 Å². The first kappa shape index (κ1) is 9.55. The molecule has 1 saturated heterocycles. The Hall–Kier alpha value is -1.00. The van der Waals surface area contributed by atoms with Crippen molar-refractivity contribution in [3.8, 4) is 0 Å². The molecule has 14 heavy (non-hydrogen) atoms. The van der Waals surface area contributed by atoms with Crippen LogP contribution in [0.15, 0.2) is 18.2 Å². The topological polar surface area (TPSA) is 24.1 Å². The van der Waals surface area contributed by atoms with Crippen molar-refractivity contribution in [1.82, 2.24) is 10.6 Å². The van der Waals surface area contributed by atoms with Gasteiger partial charge in [-0.1, -0.05) is 12.1 Å². The Morgan fingerprint density at radius 3 is 2.79 bits per heavy atom. The van der Waals surface area contributed by atoms with Crippen molar-refractivity contribution in [2.75, 3.05) is 19.6 Å². The van der Waals surface area contributed by atoms with Crippen LogP contribution in [0.3, 0.4) is 0 Å². The predicted molar refractivity (Wildman–Crippen MR) is 50.0 cm³/mol. The number of benzene rings is 1. The molecule has 1 fully saturated rings. The van der Waals surface area contributed by atoms with Crippen molar-refractivity contribution in [2.24, 2.45) is 0 Å². The summed E-state index contributed by atoms with van der Waals surface area (Å²) in [5.41, 5.74) is 0.400. The van der Waals surface area contributed by atoms with Gasteiger partial charge in [-0.2, -0.15) is 0 Å². The number of halogens is 2. The van der Waals surface area contributed by atoms with E-state index in [1.807, 2.05) is 0 Å². The summed E-state index contributed by atoms with van der Waals surface area (Å²) in [5, 5.41) is 6.26. The first-order valence-electron chi connectivity index (χ1n) is 4.67. The molecule has 1 aliphatic rings. The molecule has 0 aromatic heterocycles. The van der Waals surface area contributed by atoms with E-state index in [2.05, 4.69) is 10.6 Å². The highest BCUT2D eigenvalue weighted by Crippen LogP contribution is 2.19. The number of nitrogens with one attached hydrogen (secondary N) is 2. The lowest BCUT2D eigenvalue weighted by Gasteiger charge is -2.25. The highest BCUT2D eigenvalue weighted by molar-refractivity contribution is 5.23. The number of rotatable bonds is 1. The molecule has 0 aliphatic carbocycles. The maximum Gasteiger partial charge on any atom is 0.163 e. The van der Waals surface area contributed by atoms with Gasteiger partial charge in [0, 0.05) is 31.2 Å². The fraction of sp³-hybridized carbons (Fsp3) is 0.400. The summed E-state index contributed by atoms with van der Waals surface area (Å²) in [6.07, 6.45) is 0. The van der Waals surface area contributed by atoms with E-state index in [1.54, 1.807) is 6.07 Å². The predicted octanol–water partition coefficient (Wildman–Crippen LogP) is 1.20. The van der Waals surface area contributed by atoms with Gasteiger partial charge >= 0.3 is 0 Å². The molecule has 0 amide bonds. The van der Waals surface area contributed by atoms with Crippen LogP contribution < -0.4 is 10.6 Å². The van der Waals surface area contributed by atoms with Crippen LogP contribution in [0.1, 0.15) is 11.6 Å². The summed E-state index contributed by atoms with van der Waals surface area (Å²) in [6.45, 7) is 2.29. The summed E-state index contributed by atoms with van der Waals surface area (Å²) >= 11 is 0. The van der Waals surface area contributed by atoms with Gasteiger partial charge in [-0.25, -0.2) is 8.78 Å². The van der Waals surface area contributed by atoms with Gasteiger partial charge in [0.15, 0.2) is 11.6 Å². The first-order chi connectivity index (χ1) is 6.79. The standard InChI is InChI=1S/C10H12F2N2/c11-8-3-1-2-7(10(8)12)9-6-13-4-5-14-9/h1-3,9,13-14H,4-6H2. The summed E-state index contributed by atoms with van der Waals surface area (Å²) in [7, 11) is 0. The highest BCUT2D eigenvalue weighted by Gasteiger charge is 2.19. The molecule has 0 saturated carbocycles. The average Bonchev–Trinajstić information content (AvgIpc) is 2.23. The Bertz CT molecular complexity index is 322. The maximum absolute atomic E-state index is 13.3. The summed E-state index contributed by atoms with van der Waals surface area (Å²) < 4.78 is 26.3. The van der Waals surface area contributed by atoms with Gasteiger partial charge in [-0.3, -0.25) is 0 Å². The zero-order valence-electron chi connectivity index (χ0n) is 7.69. The summed E-state index contributed by atoms with van der Waals surface area (Å²) in [6, 6.07) is 4.15. The molecule has 1 heterocycles. The average molecular weight is 198 g/mol. The summed E-state index contributed by atoms with van der Waals surface area (Å²) in [4.78, 5) is 0. The fourth-order valence-electron chi connectivity index (χ4n) is 1.66. The molecule has 76 valence electrons. The van der Waals surface area contributed by atoms with Crippen LogP contribution >= 0.6 is 0 Å². The maximum atomic E-state index is 13.3. The van der Waals surface area contributed by atoms with Crippen molar-refractivity contribution in [1.29, 1.82) is 0 Å². The molecule has 2 nitrogen and oxygen atoms in total. The molecule has 0 bridgehead atoms. The van der Waals surface area contributed by atoms with Crippen molar-refractivity contribution >= 4 is 0 Å². The third-order valence-electron chi connectivity index (χ3n) is 2.40. The quantitative estimate of drug-likeness (QED) is 0.708. The second-order valence-corrected chi connectivity index (χ2v) is 3.35. The summed E-state index contributed by atoms with van der Waals surface area (Å²) in [5.74, 6) is -1.52. The number of piperazine rings is 1. The van der Waals surface area contributed by atoms with E-state index in [4.69, 9.17) is 0 Å². The van der Waals surface area contributed by atoms with E-state index in [-0.39, 0.29) is 6.04 Å². The van der Waals surface area contributed by atoms with E-state index < -0.39 is 11.6 Å². The van der Waals surface area contributed by atoms with Crippen LogP contribution in [-0.2, 0) is 0 Å². The third kappa shape index (κ3) is 1.76.